The van der Waals surface area contributed by atoms with Crippen LogP contribution >= 0.6 is 0 Å². The second-order valence-electron chi connectivity index (χ2n) is 10.2. The SMILES string of the molecule is Cc1ccc(C(C(=O)NC(C)(C)C)N(C(=O)CNC(=O)OC(C)(C)C)C(C)C)cc1C. The fourth-order valence-electron chi connectivity index (χ4n) is 3.09. The lowest BCUT2D eigenvalue weighted by Gasteiger charge is -2.36. The number of benzene rings is 1. The molecule has 0 fully saturated rings. The number of alkyl carbamates (subject to hydrolysis) is 1. The molecule has 0 aliphatic heterocycles. The summed E-state index contributed by atoms with van der Waals surface area (Å²) in [4.78, 5) is 40.0. The number of hydrogen-bond donors (Lipinski definition) is 2. The van der Waals surface area contributed by atoms with E-state index in [1.54, 1.807) is 20.8 Å². The van der Waals surface area contributed by atoms with E-state index in [4.69, 9.17) is 4.74 Å². The first-order valence-corrected chi connectivity index (χ1v) is 10.7. The van der Waals surface area contributed by atoms with Crippen LogP contribution in [0.15, 0.2) is 18.2 Å². The molecule has 0 heterocycles. The highest BCUT2D eigenvalue weighted by Crippen LogP contribution is 2.26. The van der Waals surface area contributed by atoms with Gasteiger partial charge in [0, 0.05) is 11.6 Å². The molecule has 0 aliphatic rings. The monoisotopic (exact) mass is 433 g/mol. The van der Waals surface area contributed by atoms with Crippen LogP contribution in [0.1, 0.15) is 78.1 Å². The highest BCUT2D eigenvalue weighted by molar-refractivity contribution is 5.91. The number of amides is 3. The summed E-state index contributed by atoms with van der Waals surface area (Å²) in [6, 6.07) is 4.66. The van der Waals surface area contributed by atoms with Gasteiger partial charge in [0.25, 0.3) is 0 Å². The second-order valence-corrected chi connectivity index (χ2v) is 10.2. The van der Waals surface area contributed by atoms with Crippen LogP contribution in [0.25, 0.3) is 0 Å². The third-order valence-electron chi connectivity index (χ3n) is 4.50. The van der Waals surface area contributed by atoms with Crippen LogP contribution < -0.4 is 10.6 Å². The zero-order chi connectivity index (χ0) is 24.1. The molecule has 0 aliphatic carbocycles. The van der Waals surface area contributed by atoms with Gasteiger partial charge in [-0.05, 0) is 85.9 Å². The van der Waals surface area contributed by atoms with Gasteiger partial charge in [0.05, 0.1) is 0 Å². The summed E-state index contributed by atoms with van der Waals surface area (Å²) in [5.74, 6) is -0.636. The quantitative estimate of drug-likeness (QED) is 0.709. The van der Waals surface area contributed by atoms with Crippen molar-refractivity contribution in [3.8, 4) is 0 Å². The molecule has 0 bridgehead atoms. The summed E-state index contributed by atoms with van der Waals surface area (Å²) in [6.07, 6.45) is -0.675. The predicted molar refractivity (Wildman–Crippen MR) is 123 cm³/mol. The zero-order valence-corrected chi connectivity index (χ0v) is 20.7. The molecule has 0 aromatic heterocycles. The molecule has 3 amide bonds. The molecule has 1 unspecified atom stereocenters. The molecular weight excluding hydrogens is 394 g/mol. The van der Waals surface area contributed by atoms with Crippen molar-refractivity contribution in [3.05, 3.63) is 34.9 Å². The second kappa shape index (κ2) is 10.2. The maximum absolute atomic E-state index is 13.3. The summed E-state index contributed by atoms with van der Waals surface area (Å²) in [5, 5.41) is 5.50. The smallest absolute Gasteiger partial charge is 0.408 e. The van der Waals surface area contributed by atoms with Crippen LogP contribution in [-0.2, 0) is 14.3 Å². The summed E-state index contributed by atoms with van der Waals surface area (Å²) in [5.41, 5.74) is 1.74. The lowest BCUT2D eigenvalue weighted by molar-refractivity contribution is -0.142. The molecule has 7 nitrogen and oxygen atoms in total. The van der Waals surface area contributed by atoms with Gasteiger partial charge in [-0.1, -0.05) is 18.2 Å². The Balaban J connectivity index is 3.26. The number of ether oxygens (including phenoxy) is 1. The van der Waals surface area contributed by atoms with Gasteiger partial charge in [0.2, 0.25) is 11.8 Å². The number of carbonyl (C=O) groups is 3. The van der Waals surface area contributed by atoms with Crippen molar-refractivity contribution in [3.63, 3.8) is 0 Å². The molecule has 0 radical (unpaired) electrons. The van der Waals surface area contributed by atoms with Gasteiger partial charge < -0.3 is 20.3 Å². The molecule has 1 aromatic carbocycles. The molecule has 7 heteroatoms. The molecule has 1 atom stereocenters. The van der Waals surface area contributed by atoms with E-state index >= 15 is 0 Å². The van der Waals surface area contributed by atoms with Crippen molar-refractivity contribution < 1.29 is 19.1 Å². The average Bonchev–Trinajstić information content (AvgIpc) is 2.56. The van der Waals surface area contributed by atoms with Crippen molar-refractivity contribution in [2.45, 2.75) is 92.5 Å². The minimum absolute atomic E-state index is 0.267. The highest BCUT2D eigenvalue weighted by Gasteiger charge is 2.35. The standard InChI is InChI=1S/C24H39N3O4/c1-15(2)27(19(28)14-25-22(30)31-24(8,9)10)20(21(29)26-23(5,6)7)18-12-11-16(3)17(4)13-18/h11-13,15,20H,14H2,1-10H3,(H,25,30)(H,26,29). The number of nitrogens with one attached hydrogen (secondary N) is 2. The van der Waals surface area contributed by atoms with Gasteiger partial charge in [-0.3, -0.25) is 9.59 Å². The molecule has 174 valence electrons. The highest BCUT2D eigenvalue weighted by atomic mass is 16.6. The van der Waals surface area contributed by atoms with Gasteiger partial charge >= 0.3 is 6.09 Å². The molecule has 0 saturated heterocycles. The van der Waals surface area contributed by atoms with E-state index in [2.05, 4.69) is 10.6 Å². The topological polar surface area (TPSA) is 87.7 Å². The van der Waals surface area contributed by atoms with Gasteiger partial charge in [-0.25, -0.2) is 4.79 Å². The molecule has 1 rings (SSSR count). The molecule has 0 spiro atoms. The normalized spacial score (nSPS) is 12.9. The summed E-state index contributed by atoms with van der Waals surface area (Å²) in [6.45, 7) is 18.4. The van der Waals surface area contributed by atoms with Crippen LogP contribution in [0.3, 0.4) is 0 Å². The maximum Gasteiger partial charge on any atom is 0.408 e. The Bertz CT molecular complexity index is 804. The van der Waals surface area contributed by atoms with E-state index in [9.17, 15) is 14.4 Å². The van der Waals surface area contributed by atoms with Gasteiger partial charge in [-0.15, -0.1) is 0 Å². The Morgan fingerprint density at radius 2 is 1.58 bits per heavy atom. The van der Waals surface area contributed by atoms with E-state index in [0.29, 0.717) is 0 Å². The fourth-order valence-corrected chi connectivity index (χ4v) is 3.09. The zero-order valence-electron chi connectivity index (χ0n) is 20.7. The summed E-state index contributed by atoms with van der Waals surface area (Å²) in [7, 11) is 0. The molecule has 1 aromatic rings. The number of aryl methyl sites for hydroxylation is 2. The number of rotatable bonds is 6. The van der Waals surface area contributed by atoms with Gasteiger partial charge in [0.1, 0.15) is 18.2 Å². The molecule has 2 N–H and O–H groups in total. The van der Waals surface area contributed by atoms with E-state index in [1.807, 2.05) is 66.7 Å². The van der Waals surface area contributed by atoms with Crippen LogP contribution in [0.2, 0.25) is 0 Å². The summed E-state index contributed by atoms with van der Waals surface area (Å²) >= 11 is 0. The van der Waals surface area contributed by atoms with Crippen molar-refractivity contribution in [1.29, 1.82) is 0 Å². The van der Waals surface area contributed by atoms with Crippen molar-refractivity contribution in [1.82, 2.24) is 15.5 Å². The van der Waals surface area contributed by atoms with Gasteiger partial charge in [0.15, 0.2) is 0 Å². The van der Waals surface area contributed by atoms with E-state index in [0.717, 1.165) is 16.7 Å². The molecule has 0 saturated carbocycles. The Morgan fingerprint density at radius 1 is 1.00 bits per heavy atom. The maximum atomic E-state index is 13.3. The Morgan fingerprint density at radius 3 is 2.03 bits per heavy atom. The van der Waals surface area contributed by atoms with Crippen molar-refractivity contribution in [2.24, 2.45) is 0 Å². The first-order chi connectivity index (χ1) is 14.0. The van der Waals surface area contributed by atoms with Crippen LogP contribution in [-0.4, -0.2) is 46.5 Å². The Labute approximate surface area is 186 Å². The van der Waals surface area contributed by atoms with Gasteiger partial charge in [-0.2, -0.15) is 0 Å². The predicted octanol–water partition coefficient (Wildman–Crippen LogP) is 4.02. The number of hydrogen-bond acceptors (Lipinski definition) is 4. The van der Waals surface area contributed by atoms with E-state index in [1.165, 1.54) is 4.90 Å². The Hall–Kier alpha value is -2.57. The third kappa shape index (κ3) is 8.59. The summed E-state index contributed by atoms with van der Waals surface area (Å²) < 4.78 is 5.22. The third-order valence-corrected chi connectivity index (χ3v) is 4.50. The van der Waals surface area contributed by atoms with Crippen molar-refractivity contribution >= 4 is 17.9 Å². The first-order valence-electron chi connectivity index (χ1n) is 10.7. The fraction of sp³-hybridized carbons (Fsp3) is 0.625. The van der Waals surface area contributed by atoms with Crippen LogP contribution in [0, 0.1) is 13.8 Å². The van der Waals surface area contributed by atoms with Crippen molar-refractivity contribution in [2.75, 3.05) is 6.54 Å². The van der Waals surface area contributed by atoms with Crippen LogP contribution in [0.4, 0.5) is 4.79 Å². The molecular formula is C24H39N3O4. The lowest BCUT2D eigenvalue weighted by Crippen LogP contribution is -2.53. The first kappa shape index (κ1) is 26.5. The minimum Gasteiger partial charge on any atom is -0.444 e. The largest absolute Gasteiger partial charge is 0.444 e. The van der Waals surface area contributed by atoms with E-state index in [-0.39, 0.29) is 24.4 Å². The lowest BCUT2D eigenvalue weighted by atomic mass is 9.97. The number of nitrogens with zero attached hydrogens (tertiary/aromatic N) is 1. The average molecular weight is 434 g/mol. The molecule has 31 heavy (non-hydrogen) atoms. The Kier molecular flexibility index (Phi) is 8.67. The number of carbonyl (C=O) groups excluding carboxylic acids is 3. The van der Waals surface area contributed by atoms with Crippen LogP contribution in [0.5, 0.6) is 0 Å². The van der Waals surface area contributed by atoms with E-state index < -0.39 is 23.3 Å². The minimum atomic E-state index is -0.827.